The number of benzene rings is 1. The van der Waals surface area contributed by atoms with Crippen molar-refractivity contribution in [2.45, 2.75) is 45.1 Å². The number of piperidine rings is 1. The minimum Gasteiger partial charge on any atom is -0.444 e. The van der Waals surface area contributed by atoms with E-state index in [4.69, 9.17) is 9.84 Å². The van der Waals surface area contributed by atoms with Crippen LogP contribution in [0.4, 0.5) is 4.79 Å². The highest BCUT2D eigenvalue weighted by atomic mass is 79.9. The maximum atomic E-state index is 12.4. The summed E-state index contributed by atoms with van der Waals surface area (Å²) >= 11 is 3.44. The predicted molar refractivity (Wildman–Crippen MR) is 121 cm³/mol. The molecular formula is C23H24BrN5O2. The van der Waals surface area contributed by atoms with Gasteiger partial charge in [0.2, 0.25) is 0 Å². The van der Waals surface area contributed by atoms with Crippen LogP contribution >= 0.6 is 15.9 Å². The Bertz CT molecular complexity index is 1150. The van der Waals surface area contributed by atoms with Gasteiger partial charge in [-0.05, 0) is 75.4 Å². The molecule has 8 heteroatoms. The number of pyridine rings is 1. The average Bonchev–Trinajstić information content (AvgIpc) is 3.12. The Morgan fingerprint density at radius 3 is 2.45 bits per heavy atom. The molecule has 0 radical (unpaired) electrons. The molecule has 1 aliphatic rings. The quantitative estimate of drug-likeness (QED) is 0.503. The van der Waals surface area contributed by atoms with Gasteiger partial charge < -0.3 is 9.64 Å². The van der Waals surface area contributed by atoms with E-state index in [0.717, 1.165) is 34.1 Å². The summed E-state index contributed by atoms with van der Waals surface area (Å²) < 4.78 is 8.12. The number of aromatic nitrogens is 3. The van der Waals surface area contributed by atoms with Gasteiger partial charge in [-0.15, -0.1) is 0 Å². The Kier molecular flexibility index (Phi) is 5.71. The Labute approximate surface area is 189 Å². The van der Waals surface area contributed by atoms with Crippen LogP contribution in [0, 0.1) is 11.3 Å². The van der Waals surface area contributed by atoms with Crippen LogP contribution in [0.1, 0.15) is 50.8 Å². The third kappa shape index (κ3) is 4.42. The zero-order chi connectivity index (χ0) is 22.2. The van der Waals surface area contributed by atoms with Gasteiger partial charge >= 0.3 is 6.09 Å². The van der Waals surface area contributed by atoms with Crippen LogP contribution in [-0.2, 0) is 4.74 Å². The van der Waals surface area contributed by atoms with Gasteiger partial charge in [-0.1, -0.05) is 15.9 Å². The van der Waals surface area contributed by atoms with Gasteiger partial charge in [0, 0.05) is 23.8 Å². The molecule has 0 atom stereocenters. The third-order valence-corrected chi connectivity index (χ3v) is 5.88. The molecule has 0 aliphatic carbocycles. The van der Waals surface area contributed by atoms with Crippen molar-refractivity contribution in [3.63, 3.8) is 0 Å². The lowest BCUT2D eigenvalue weighted by molar-refractivity contribution is 0.0205. The van der Waals surface area contributed by atoms with Gasteiger partial charge in [0.25, 0.3) is 0 Å². The number of hydrogen-bond donors (Lipinski definition) is 0. The fourth-order valence-corrected chi connectivity index (χ4v) is 4.16. The van der Waals surface area contributed by atoms with Crippen LogP contribution in [0.2, 0.25) is 0 Å². The zero-order valence-electron chi connectivity index (χ0n) is 17.8. The lowest BCUT2D eigenvalue weighted by Crippen LogP contribution is -2.41. The van der Waals surface area contributed by atoms with Crippen molar-refractivity contribution in [1.29, 1.82) is 5.26 Å². The van der Waals surface area contributed by atoms with Crippen molar-refractivity contribution in [2.75, 3.05) is 13.1 Å². The summed E-state index contributed by atoms with van der Waals surface area (Å²) in [4.78, 5) is 18.6. The number of fused-ring (bicyclic) bond motifs is 1. The van der Waals surface area contributed by atoms with Crippen molar-refractivity contribution in [2.24, 2.45) is 0 Å². The summed E-state index contributed by atoms with van der Waals surface area (Å²) in [5.41, 5.74) is 3.16. The van der Waals surface area contributed by atoms with Crippen molar-refractivity contribution < 1.29 is 9.53 Å². The van der Waals surface area contributed by atoms with E-state index >= 15 is 0 Å². The highest BCUT2D eigenvalue weighted by molar-refractivity contribution is 9.10. The Balaban J connectivity index is 1.62. The van der Waals surface area contributed by atoms with Crippen LogP contribution in [0.25, 0.3) is 16.7 Å². The normalized spacial score (nSPS) is 15.1. The van der Waals surface area contributed by atoms with E-state index in [2.05, 4.69) is 27.0 Å². The maximum absolute atomic E-state index is 12.4. The first-order chi connectivity index (χ1) is 14.8. The molecule has 3 heterocycles. The molecule has 0 spiro atoms. The van der Waals surface area contributed by atoms with E-state index < -0.39 is 5.60 Å². The van der Waals surface area contributed by atoms with Gasteiger partial charge in [-0.2, -0.15) is 10.4 Å². The molecule has 1 aliphatic heterocycles. The van der Waals surface area contributed by atoms with Gasteiger partial charge in [-0.25, -0.2) is 9.48 Å². The molecule has 160 valence electrons. The highest BCUT2D eigenvalue weighted by Crippen LogP contribution is 2.34. The smallest absolute Gasteiger partial charge is 0.410 e. The van der Waals surface area contributed by atoms with E-state index in [9.17, 15) is 10.1 Å². The average molecular weight is 482 g/mol. The molecule has 0 N–H and O–H groups in total. The molecule has 1 amide bonds. The van der Waals surface area contributed by atoms with Crippen LogP contribution in [0.5, 0.6) is 0 Å². The number of nitriles is 1. The molecule has 2 aromatic heterocycles. The Hall–Kier alpha value is -2.92. The highest BCUT2D eigenvalue weighted by Gasteiger charge is 2.29. The molecule has 3 aromatic rings. The molecular weight excluding hydrogens is 458 g/mol. The summed E-state index contributed by atoms with van der Waals surface area (Å²) in [7, 11) is 0. The lowest BCUT2D eigenvalue weighted by atomic mass is 9.89. The van der Waals surface area contributed by atoms with Crippen molar-refractivity contribution in [3.05, 3.63) is 52.3 Å². The molecule has 0 bridgehead atoms. The predicted octanol–water partition coefficient (Wildman–Crippen LogP) is 5.17. The summed E-state index contributed by atoms with van der Waals surface area (Å²) in [5.74, 6) is 0.240. The second-order valence-corrected chi connectivity index (χ2v) is 9.60. The topological polar surface area (TPSA) is 84.0 Å². The van der Waals surface area contributed by atoms with Gasteiger partial charge in [0.15, 0.2) is 5.69 Å². The van der Waals surface area contributed by atoms with Crippen molar-refractivity contribution in [1.82, 2.24) is 19.7 Å². The Morgan fingerprint density at radius 1 is 1.16 bits per heavy atom. The van der Waals surface area contributed by atoms with Gasteiger partial charge in [0.05, 0.1) is 5.69 Å². The molecule has 0 saturated carbocycles. The molecule has 1 fully saturated rings. The lowest BCUT2D eigenvalue weighted by Gasteiger charge is -2.33. The standard InChI is InChI=1S/C23H24BrN5O2/c1-23(2,3)31-22(30)28-12-9-15(10-13-28)18-8-11-26-21-19(14-25)29(27-20(18)21)17-6-4-16(24)5-7-17/h4-8,11,15H,9-10,12-13H2,1-3H3. The van der Waals surface area contributed by atoms with Gasteiger partial charge in [0.1, 0.15) is 22.7 Å². The molecule has 0 unspecified atom stereocenters. The first-order valence-electron chi connectivity index (χ1n) is 10.3. The molecule has 1 aromatic carbocycles. The van der Waals surface area contributed by atoms with E-state index in [1.54, 1.807) is 15.8 Å². The minimum atomic E-state index is -0.501. The number of ether oxygens (including phenoxy) is 1. The maximum Gasteiger partial charge on any atom is 0.410 e. The van der Waals surface area contributed by atoms with Crippen LogP contribution in [0.15, 0.2) is 41.0 Å². The number of carbonyl (C=O) groups excluding carboxylic acids is 1. The largest absolute Gasteiger partial charge is 0.444 e. The summed E-state index contributed by atoms with van der Waals surface area (Å²) in [6.07, 6.45) is 3.10. The Morgan fingerprint density at radius 2 is 1.84 bits per heavy atom. The van der Waals surface area contributed by atoms with Crippen molar-refractivity contribution in [3.8, 4) is 11.8 Å². The summed E-state index contributed by atoms with van der Waals surface area (Å²) in [6, 6.07) is 11.9. The molecule has 4 rings (SSSR count). The summed E-state index contributed by atoms with van der Waals surface area (Å²) in [6.45, 7) is 6.88. The zero-order valence-corrected chi connectivity index (χ0v) is 19.4. The monoisotopic (exact) mass is 481 g/mol. The van der Waals surface area contributed by atoms with Crippen LogP contribution < -0.4 is 0 Å². The van der Waals surface area contributed by atoms with Crippen LogP contribution in [0.3, 0.4) is 0 Å². The van der Waals surface area contributed by atoms with E-state index in [1.807, 2.05) is 51.1 Å². The van der Waals surface area contributed by atoms with E-state index in [-0.39, 0.29) is 12.0 Å². The SMILES string of the molecule is CC(C)(C)OC(=O)N1CCC(c2ccnc3c(C#N)n(-c4ccc(Br)cc4)nc23)CC1. The fraction of sp³-hybridized carbons (Fsp3) is 0.391. The number of rotatable bonds is 2. The molecule has 31 heavy (non-hydrogen) atoms. The second kappa shape index (κ2) is 8.31. The molecule has 7 nitrogen and oxygen atoms in total. The number of hydrogen-bond acceptors (Lipinski definition) is 5. The first-order valence-corrected chi connectivity index (χ1v) is 11.1. The number of nitrogens with zero attached hydrogens (tertiary/aromatic N) is 5. The first kappa shape index (κ1) is 21.3. The minimum absolute atomic E-state index is 0.240. The number of carbonyl (C=O) groups is 1. The second-order valence-electron chi connectivity index (χ2n) is 8.69. The molecule has 1 saturated heterocycles. The van der Waals surface area contributed by atoms with E-state index in [0.29, 0.717) is 24.3 Å². The fourth-order valence-electron chi connectivity index (χ4n) is 3.90. The van der Waals surface area contributed by atoms with Crippen LogP contribution in [-0.4, -0.2) is 44.4 Å². The third-order valence-electron chi connectivity index (χ3n) is 5.36. The number of halogens is 1. The number of amides is 1. The van der Waals surface area contributed by atoms with Crippen molar-refractivity contribution >= 4 is 33.1 Å². The van der Waals surface area contributed by atoms with Gasteiger partial charge in [-0.3, -0.25) is 4.98 Å². The van der Waals surface area contributed by atoms with E-state index in [1.165, 1.54) is 0 Å². The number of likely N-dealkylation sites (tertiary alicyclic amines) is 1. The summed E-state index contributed by atoms with van der Waals surface area (Å²) in [5, 5.41) is 14.6.